The molecule has 1 rings (SSSR count). The van der Waals surface area contributed by atoms with Crippen LogP contribution in [0.5, 0.6) is 0 Å². The van der Waals surface area contributed by atoms with Gasteiger partial charge in [-0.2, -0.15) is 0 Å². The molecule has 3 nitrogen and oxygen atoms in total. The standard InChI is InChI=1S/C7H12N2O/c1-5-3-10-4-6(5)7(8)9-2/h3-4H2,1-2H3,(H2,8,9). The lowest BCUT2D eigenvalue weighted by atomic mass is 10.2. The Kier molecular flexibility index (Phi) is 2.06. The molecule has 0 aliphatic carbocycles. The van der Waals surface area contributed by atoms with Crippen molar-refractivity contribution in [3.8, 4) is 0 Å². The molecule has 0 aromatic heterocycles. The Hall–Kier alpha value is -0.830. The number of hydrogen-bond donors (Lipinski definition) is 1. The molecule has 3 heteroatoms. The monoisotopic (exact) mass is 140 g/mol. The van der Waals surface area contributed by atoms with Crippen molar-refractivity contribution in [1.82, 2.24) is 0 Å². The van der Waals surface area contributed by atoms with Crippen molar-refractivity contribution in [3.63, 3.8) is 0 Å². The van der Waals surface area contributed by atoms with Crippen molar-refractivity contribution in [2.45, 2.75) is 6.92 Å². The molecule has 0 fully saturated rings. The zero-order valence-corrected chi connectivity index (χ0v) is 6.35. The minimum atomic E-state index is 0.606. The zero-order valence-electron chi connectivity index (χ0n) is 6.35. The van der Waals surface area contributed by atoms with Gasteiger partial charge in [-0.1, -0.05) is 0 Å². The van der Waals surface area contributed by atoms with Gasteiger partial charge in [-0.25, -0.2) is 0 Å². The molecule has 0 amide bonds. The Morgan fingerprint density at radius 3 is 2.70 bits per heavy atom. The first-order valence-corrected chi connectivity index (χ1v) is 3.24. The van der Waals surface area contributed by atoms with Gasteiger partial charge in [-0.3, -0.25) is 4.99 Å². The van der Waals surface area contributed by atoms with E-state index in [1.165, 1.54) is 5.57 Å². The molecule has 2 N–H and O–H groups in total. The van der Waals surface area contributed by atoms with Crippen LogP contribution in [0.3, 0.4) is 0 Å². The van der Waals surface area contributed by atoms with Crippen molar-refractivity contribution < 1.29 is 4.74 Å². The van der Waals surface area contributed by atoms with Crippen LogP contribution < -0.4 is 5.73 Å². The third kappa shape index (κ3) is 1.19. The fraction of sp³-hybridized carbons (Fsp3) is 0.571. The summed E-state index contributed by atoms with van der Waals surface area (Å²) >= 11 is 0. The molecule has 10 heavy (non-hydrogen) atoms. The van der Waals surface area contributed by atoms with E-state index in [1.807, 2.05) is 6.92 Å². The molecule has 56 valence electrons. The largest absolute Gasteiger partial charge is 0.384 e. The normalized spacial score (nSPS) is 20.4. The van der Waals surface area contributed by atoms with Gasteiger partial charge in [0, 0.05) is 12.6 Å². The summed E-state index contributed by atoms with van der Waals surface area (Å²) in [7, 11) is 1.69. The third-order valence-electron chi connectivity index (χ3n) is 1.63. The fourth-order valence-corrected chi connectivity index (χ4v) is 0.944. The predicted octanol–water partition coefficient (Wildman–Crippen LogP) is 0.320. The second-order valence-corrected chi connectivity index (χ2v) is 2.36. The number of rotatable bonds is 1. The number of nitrogens with two attached hydrogens (primary N) is 1. The number of hydrogen-bond acceptors (Lipinski definition) is 2. The van der Waals surface area contributed by atoms with Gasteiger partial charge in [0.2, 0.25) is 0 Å². The summed E-state index contributed by atoms with van der Waals surface area (Å²) in [5.74, 6) is 0.606. The van der Waals surface area contributed by atoms with E-state index in [1.54, 1.807) is 7.05 Å². The van der Waals surface area contributed by atoms with Crippen LogP contribution in [0.15, 0.2) is 16.1 Å². The van der Waals surface area contributed by atoms with Crippen molar-refractivity contribution in [3.05, 3.63) is 11.1 Å². The smallest absolute Gasteiger partial charge is 0.123 e. The van der Waals surface area contributed by atoms with Gasteiger partial charge in [0.05, 0.1) is 13.2 Å². The summed E-state index contributed by atoms with van der Waals surface area (Å²) < 4.78 is 5.16. The van der Waals surface area contributed by atoms with E-state index in [2.05, 4.69) is 4.99 Å². The maximum atomic E-state index is 5.58. The molecule has 0 atom stereocenters. The highest BCUT2D eigenvalue weighted by Gasteiger charge is 2.13. The predicted molar refractivity (Wildman–Crippen MR) is 41.1 cm³/mol. The molecule has 0 aromatic rings. The van der Waals surface area contributed by atoms with E-state index in [0.29, 0.717) is 19.0 Å². The van der Waals surface area contributed by atoms with Gasteiger partial charge in [0.1, 0.15) is 5.84 Å². The van der Waals surface area contributed by atoms with E-state index in [0.717, 1.165) is 5.57 Å². The molecule has 0 unspecified atom stereocenters. The number of nitrogens with zero attached hydrogens (tertiary/aromatic N) is 1. The molecule has 0 radical (unpaired) electrons. The third-order valence-corrected chi connectivity index (χ3v) is 1.63. The van der Waals surface area contributed by atoms with Crippen molar-refractivity contribution in [2.75, 3.05) is 20.3 Å². The minimum Gasteiger partial charge on any atom is -0.384 e. The lowest BCUT2D eigenvalue weighted by Gasteiger charge is -1.98. The average Bonchev–Trinajstić information content (AvgIpc) is 2.34. The molecule has 0 spiro atoms. The van der Waals surface area contributed by atoms with Crippen LogP contribution in [0.1, 0.15) is 6.92 Å². The molecular formula is C7H12N2O. The Labute approximate surface area is 60.6 Å². The maximum absolute atomic E-state index is 5.58. The number of amidine groups is 1. The lowest BCUT2D eigenvalue weighted by Crippen LogP contribution is -2.16. The lowest BCUT2D eigenvalue weighted by molar-refractivity contribution is 0.206. The Balaban J connectivity index is 2.81. The van der Waals surface area contributed by atoms with Crippen LogP contribution in [0.4, 0.5) is 0 Å². The van der Waals surface area contributed by atoms with Crippen LogP contribution in [-0.2, 0) is 4.74 Å². The zero-order chi connectivity index (χ0) is 7.56. The van der Waals surface area contributed by atoms with Crippen molar-refractivity contribution in [2.24, 2.45) is 10.7 Å². The van der Waals surface area contributed by atoms with Crippen LogP contribution >= 0.6 is 0 Å². The van der Waals surface area contributed by atoms with E-state index >= 15 is 0 Å². The molecular weight excluding hydrogens is 128 g/mol. The summed E-state index contributed by atoms with van der Waals surface area (Å²) in [6.07, 6.45) is 0. The molecule has 0 aromatic carbocycles. The molecule has 0 saturated heterocycles. The summed E-state index contributed by atoms with van der Waals surface area (Å²) in [6.45, 7) is 3.33. The fourth-order valence-electron chi connectivity index (χ4n) is 0.944. The summed E-state index contributed by atoms with van der Waals surface area (Å²) in [5.41, 5.74) is 7.84. The minimum absolute atomic E-state index is 0.606. The Morgan fingerprint density at radius 2 is 2.30 bits per heavy atom. The molecule has 1 aliphatic rings. The summed E-state index contributed by atoms with van der Waals surface area (Å²) in [5, 5.41) is 0. The van der Waals surface area contributed by atoms with Crippen molar-refractivity contribution in [1.29, 1.82) is 0 Å². The Bertz CT molecular complexity index is 194. The highest BCUT2D eigenvalue weighted by atomic mass is 16.5. The summed E-state index contributed by atoms with van der Waals surface area (Å²) in [6, 6.07) is 0. The molecule has 1 aliphatic heterocycles. The SMILES string of the molecule is C/N=C(/N)C1=C(C)COC1. The van der Waals surface area contributed by atoms with Gasteiger partial charge in [-0.15, -0.1) is 0 Å². The number of aliphatic imine (C=N–C) groups is 1. The quantitative estimate of drug-likeness (QED) is 0.421. The van der Waals surface area contributed by atoms with Crippen LogP contribution in [-0.4, -0.2) is 26.1 Å². The Morgan fingerprint density at radius 1 is 1.60 bits per heavy atom. The average molecular weight is 140 g/mol. The molecule has 0 saturated carbocycles. The second-order valence-electron chi connectivity index (χ2n) is 2.36. The van der Waals surface area contributed by atoms with E-state index in [4.69, 9.17) is 10.5 Å². The van der Waals surface area contributed by atoms with E-state index in [9.17, 15) is 0 Å². The van der Waals surface area contributed by atoms with Crippen LogP contribution in [0.25, 0.3) is 0 Å². The van der Waals surface area contributed by atoms with Gasteiger partial charge in [-0.05, 0) is 12.5 Å². The van der Waals surface area contributed by atoms with Crippen molar-refractivity contribution >= 4 is 5.84 Å². The molecule has 0 bridgehead atoms. The van der Waals surface area contributed by atoms with Crippen LogP contribution in [0.2, 0.25) is 0 Å². The first-order chi connectivity index (χ1) is 4.75. The topological polar surface area (TPSA) is 47.6 Å². The van der Waals surface area contributed by atoms with Gasteiger partial charge < -0.3 is 10.5 Å². The second kappa shape index (κ2) is 2.84. The first-order valence-electron chi connectivity index (χ1n) is 3.24. The van der Waals surface area contributed by atoms with Gasteiger partial charge >= 0.3 is 0 Å². The van der Waals surface area contributed by atoms with E-state index in [-0.39, 0.29) is 0 Å². The number of ether oxygens (including phenoxy) is 1. The van der Waals surface area contributed by atoms with E-state index < -0.39 is 0 Å². The highest BCUT2D eigenvalue weighted by molar-refractivity contribution is 5.98. The maximum Gasteiger partial charge on any atom is 0.123 e. The first kappa shape index (κ1) is 7.28. The highest BCUT2D eigenvalue weighted by Crippen LogP contribution is 2.12. The van der Waals surface area contributed by atoms with Gasteiger partial charge in [0.25, 0.3) is 0 Å². The van der Waals surface area contributed by atoms with Crippen LogP contribution in [0, 0.1) is 0 Å². The summed E-state index contributed by atoms with van der Waals surface area (Å²) in [4.78, 5) is 3.88. The van der Waals surface area contributed by atoms with Gasteiger partial charge in [0.15, 0.2) is 0 Å². The molecule has 1 heterocycles.